The van der Waals surface area contributed by atoms with Gasteiger partial charge in [-0.1, -0.05) is 19.4 Å². The zero-order valence-electron chi connectivity index (χ0n) is 15.3. The van der Waals surface area contributed by atoms with Crippen LogP contribution < -0.4 is 0 Å². The Kier molecular flexibility index (Phi) is 4.01. The maximum Gasteiger partial charge on any atom is 0.161 e. The summed E-state index contributed by atoms with van der Waals surface area (Å²) in [5.41, 5.74) is 1.21. The Labute approximate surface area is 149 Å². The number of fused-ring (bicyclic) bond motifs is 5. The van der Waals surface area contributed by atoms with E-state index in [0.717, 1.165) is 32.1 Å². The number of allylic oxidation sites excluding steroid dienone is 1. The van der Waals surface area contributed by atoms with Gasteiger partial charge in [0.1, 0.15) is 6.61 Å². The summed E-state index contributed by atoms with van der Waals surface area (Å²) < 4.78 is 0. The topological polar surface area (TPSA) is 74.6 Å². The van der Waals surface area contributed by atoms with Gasteiger partial charge in [0.05, 0.1) is 6.10 Å². The Morgan fingerprint density at radius 1 is 1.24 bits per heavy atom. The van der Waals surface area contributed by atoms with Gasteiger partial charge in [-0.15, -0.1) is 0 Å². The molecule has 7 atom stereocenters. The molecule has 0 aliphatic heterocycles. The monoisotopic (exact) mass is 346 g/mol. The molecule has 4 aliphatic carbocycles. The highest BCUT2D eigenvalue weighted by Gasteiger charge is 2.62. The maximum absolute atomic E-state index is 12.3. The Morgan fingerprint density at radius 3 is 2.72 bits per heavy atom. The van der Waals surface area contributed by atoms with Crippen LogP contribution in [0.2, 0.25) is 0 Å². The third kappa shape index (κ3) is 2.33. The van der Waals surface area contributed by atoms with Gasteiger partial charge >= 0.3 is 0 Å². The lowest BCUT2D eigenvalue weighted by atomic mass is 9.46. The number of ketones is 2. The van der Waals surface area contributed by atoms with Crippen molar-refractivity contribution in [2.75, 3.05) is 6.61 Å². The van der Waals surface area contributed by atoms with Gasteiger partial charge in [0.15, 0.2) is 11.6 Å². The largest absolute Gasteiger partial charge is 0.393 e. The highest BCUT2D eigenvalue weighted by Crippen LogP contribution is 2.66. The average Bonchev–Trinajstić information content (AvgIpc) is 2.86. The van der Waals surface area contributed by atoms with Crippen molar-refractivity contribution >= 4 is 11.6 Å². The fourth-order valence-corrected chi connectivity index (χ4v) is 7.23. The van der Waals surface area contributed by atoms with E-state index in [-0.39, 0.29) is 34.2 Å². The minimum Gasteiger partial charge on any atom is -0.393 e. The van der Waals surface area contributed by atoms with E-state index in [1.54, 1.807) is 0 Å². The van der Waals surface area contributed by atoms with Crippen molar-refractivity contribution < 1.29 is 19.8 Å². The second-order valence-electron chi connectivity index (χ2n) is 9.41. The molecule has 0 aromatic heterocycles. The molecule has 0 radical (unpaired) electrons. The summed E-state index contributed by atoms with van der Waals surface area (Å²) in [7, 11) is 0. The third-order valence-electron chi connectivity index (χ3n) is 8.49. The quantitative estimate of drug-likeness (QED) is 0.806. The predicted molar refractivity (Wildman–Crippen MR) is 93.7 cm³/mol. The summed E-state index contributed by atoms with van der Waals surface area (Å²) in [4.78, 5) is 24.2. The normalized spacial score (nSPS) is 49.0. The smallest absolute Gasteiger partial charge is 0.161 e. The lowest BCUT2D eigenvalue weighted by Crippen LogP contribution is -2.52. The molecule has 0 saturated heterocycles. The van der Waals surface area contributed by atoms with E-state index in [1.807, 2.05) is 6.08 Å². The predicted octanol–water partition coefficient (Wildman–Crippen LogP) is 2.67. The lowest BCUT2D eigenvalue weighted by Gasteiger charge is -2.58. The second kappa shape index (κ2) is 5.75. The molecule has 4 aliphatic rings. The van der Waals surface area contributed by atoms with Crippen LogP contribution in [0.25, 0.3) is 0 Å². The van der Waals surface area contributed by atoms with Crippen molar-refractivity contribution in [2.24, 2.45) is 34.5 Å². The van der Waals surface area contributed by atoms with Crippen molar-refractivity contribution in [3.05, 3.63) is 11.6 Å². The molecule has 0 heterocycles. The van der Waals surface area contributed by atoms with E-state index in [9.17, 15) is 19.8 Å². The van der Waals surface area contributed by atoms with Gasteiger partial charge < -0.3 is 10.2 Å². The Morgan fingerprint density at radius 2 is 2.00 bits per heavy atom. The van der Waals surface area contributed by atoms with Crippen LogP contribution in [0.4, 0.5) is 0 Å². The molecular formula is C21H30O4. The molecular weight excluding hydrogens is 316 g/mol. The van der Waals surface area contributed by atoms with Gasteiger partial charge in [-0.25, -0.2) is 0 Å². The third-order valence-corrected chi connectivity index (χ3v) is 8.49. The fourth-order valence-electron chi connectivity index (χ4n) is 7.23. The van der Waals surface area contributed by atoms with Crippen LogP contribution >= 0.6 is 0 Å². The molecule has 3 saturated carbocycles. The van der Waals surface area contributed by atoms with Crippen molar-refractivity contribution in [1.82, 2.24) is 0 Å². The fraction of sp³-hybridized carbons (Fsp3) is 0.810. The molecule has 0 aromatic rings. The summed E-state index contributed by atoms with van der Waals surface area (Å²) in [6, 6.07) is 0. The summed E-state index contributed by atoms with van der Waals surface area (Å²) in [6.45, 7) is 4.07. The van der Waals surface area contributed by atoms with E-state index in [2.05, 4.69) is 13.8 Å². The van der Waals surface area contributed by atoms with Crippen LogP contribution in [0.3, 0.4) is 0 Å². The summed E-state index contributed by atoms with van der Waals surface area (Å²) in [5, 5.41) is 20.2. The first-order valence-electron chi connectivity index (χ1n) is 9.87. The zero-order chi connectivity index (χ0) is 18.0. The van der Waals surface area contributed by atoms with E-state index in [4.69, 9.17) is 0 Å². The Bertz CT molecular complexity index is 638. The van der Waals surface area contributed by atoms with Gasteiger partial charge in [-0.05, 0) is 73.2 Å². The number of aliphatic hydroxyl groups is 2. The van der Waals surface area contributed by atoms with Crippen molar-refractivity contribution in [3.8, 4) is 0 Å². The van der Waals surface area contributed by atoms with E-state index in [1.165, 1.54) is 5.57 Å². The number of carbonyl (C=O) groups excluding carboxylic acids is 2. The molecule has 2 N–H and O–H groups in total. The van der Waals surface area contributed by atoms with Crippen LogP contribution in [-0.4, -0.2) is 34.5 Å². The van der Waals surface area contributed by atoms with Gasteiger partial charge in [-0.2, -0.15) is 0 Å². The molecule has 0 amide bonds. The molecule has 0 bridgehead atoms. The van der Waals surface area contributed by atoms with Crippen LogP contribution in [-0.2, 0) is 9.59 Å². The molecule has 0 spiro atoms. The first kappa shape index (κ1) is 17.4. The van der Waals surface area contributed by atoms with Crippen molar-refractivity contribution in [2.45, 2.75) is 64.9 Å². The first-order chi connectivity index (χ1) is 11.8. The first-order valence-corrected chi connectivity index (χ1v) is 9.87. The molecule has 138 valence electrons. The van der Waals surface area contributed by atoms with Gasteiger partial charge in [0, 0.05) is 12.3 Å². The minimum atomic E-state index is -0.447. The van der Waals surface area contributed by atoms with Gasteiger partial charge in [0.25, 0.3) is 0 Å². The number of hydrogen-bond donors (Lipinski definition) is 2. The Balaban J connectivity index is 1.69. The Hall–Kier alpha value is -1.00. The number of Topliss-reactive ketones (excluding diaryl/α,β-unsaturated/α-hetero) is 1. The van der Waals surface area contributed by atoms with E-state index < -0.39 is 12.7 Å². The number of rotatable bonds is 2. The van der Waals surface area contributed by atoms with Crippen LogP contribution in [0.15, 0.2) is 11.6 Å². The molecule has 4 heteroatoms. The number of carbonyl (C=O) groups is 2. The molecule has 3 fully saturated rings. The maximum atomic E-state index is 12.3. The van der Waals surface area contributed by atoms with Crippen molar-refractivity contribution in [1.29, 1.82) is 0 Å². The lowest BCUT2D eigenvalue weighted by molar-refractivity contribution is -0.134. The van der Waals surface area contributed by atoms with Gasteiger partial charge in [0.2, 0.25) is 0 Å². The van der Waals surface area contributed by atoms with Crippen molar-refractivity contribution in [3.63, 3.8) is 0 Å². The molecule has 0 aromatic carbocycles. The minimum absolute atomic E-state index is 0.0803. The van der Waals surface area contributed by atoms with Gasteiger partial charge in [-0.3, -0.25) is 9.59 Å². The highest BCUT2D eigenvalue weighted by atomic mass is 16.3. The number of hydrogen-bond acceptors (Lipinski definition) is 4. The zero-order valence-corrected chi connectivity index (χ0v) is 15.3. The summed E-state index contributed by atoms with van der Waals surface area (Å²) in [5.74, 6) is 1.00. The SMILES string of the molecule is C[C@]12CC[C@H]3[C@@H](CCC4=CC(=O)CC[C@@]43C)[C@@H]1C(O)C[C@@H]2C(=O)CO. The van der Waals surface area contributed by atoms with Crippen LogP contribution in [0.5, 0.6) is 0 Å². The molecule has 4 rings (SSSR count). The summed E-state index contributed by atoms with van der Waals surface area (Å²) in [6.07, 6.45) is 7.47. The second-order valence-corrected chi connectivity index (χ2v) is 9.41. The van der Waals surface area contributed by atoms with E-state index >= 15 is 0 Å². The van der Waals surface area contributed by atoms with E-state index in [0.29, 0.717) is 24.7 Å². The number of aliphatic hydroxyl groups excluding tert-OH is 2. The molecule has 1 unspecified atom stereocenters. The molecule has 4 nitrogen and oxygen atoms in total. The average molecular weight is 346 g/mol. The summed E-state index contributed by atoms with van der Waals surface area (Å²) >= 11 is 0. The molecule has 25 heavy (non-hydrogen) atoms. The standard InChI is InChI=1S/C21H30O4/c1-20-7-5-13(23)9-12(20)3-4-14-15(20)6-8-21(2)16(18(25)11-22)10-17(24)19(14)21/h9,14-17,19,22,24H,3-8,10-11H2,1-2H3/t14-,15+,16-,17?,19-,20+,21-/m1/s1. The van der Waals surface area contributed by atoms with Crippen LogP contribution in [0.1, 0.15) is 58.8 Å². The highest BCUT2D eigenvalue weighted by molar-refractivity contribution is 5.91. The van der Waals surface area contributed by atoms with Crippen LogP contribution in [0, 0.1) is 34.5 Å².